The number of carboxylic acid groups (broad SMARTS) is 1. The molecule has 0 heterocycles. The first kappa shape index (κ1) is 12.0. The average Bonchev–Trinajstić information content (AvgIpc) is 2.30. The molecular formula is C12H13NO3. The maximum absolute atomic E-state index is 11.6. The number of hydrogen-bond donors (Lipinski definition) is 1. The summed E-state index contributed by atoms with van der Waals surface area (Å²) >= 11 is 0. The number of para-hydroxylation sites is 1. The highest BCUT2D eigenvalue weighted by atomic mass is 16.4. The third-order valence-electron chi connectivity index (χ3n) is 2.19. The van der Waals surface area contributed by atoms with Crippen molar-refractivity contribution in [2.45, 2.75) is 13.0 Å². The van der Waals surface area contributed by atoms with Gasteiger partial charge >= 0.3 is 5.97 Å². The fourth-order valence-corrected chi connectivity index (χ4v) is 1.34. The Morgan fingerprint density at radius 3 is 2.38 bits per heavy atom. The average molecular weight is 219 g/mol. The molecule has 1 atom stereocenters. The lowest BCUT2D eigenvalue weighted by Crippen LogP contribution is -2.42. The maximum atomic E-state index is 11.6. The first-order valence-electron chi connectivity index (χ1n) is 4.81. The van der Waals surface area contributed by atoms with Crippen LogP contribution in [0.15, 0.2) is 43.0 Å². The van der Waals surface area contributed by atoms with Crippen molar-refractivity contribution in [3.05, 3.63) is 43.0 Å². The molecular weight excluding hydrogens is 206 g/mol. The Kier molecular flexibility index (Phi) is 3.83. The number of benzene rings is 1. The Morgan fingerprint density at radius 2 is 1.94 bits per heavy atom. The Bertz CT molecular complexity index is 400. The van der Waals surface area contributed by atoms with Crippen LogP contribution in [0.2, 0.25) is 0 Å². The van der Waals surface area contributed by atoms with Gasteiger partial charge in [0, 0.05) is 5.69 Å². The molecule has 0 saturated carbocycles. The van der Waals surface area contributed by atoms with Gasteiger partial charge in [-0.25, -0.2) is 4.79 Å². The van der Waals surface area contributed by atoms with Gasteiger partial charge in [0.25, 0.3) is 5.91 Å². The van der Waals surface area contributed by atoms with Crippen molar-refractivity contribution in [3.8, 4) is 0 Å². The van der Waals surface area contributed by atoms with Crippen molar-refractivity contribution >= 4 is 17.6 Å². The second kappa shape index (κ2) is 5.11. The van der Waals surface area contributed by atoms with Gasteiger partial charge in [0.05, 0.1) is 0 Å². The van der Waals surface area contributed by atoms with Crippen molar-refractivity contribution in [1.82, 2.24) is 0 Å². The fourth-order valence-electron chi connectivity index (χ4n) is 1.34. The molecule has 1 aromatic carbocycles. The Morgan fingerprint density at radius 1 is 1.38 bits per heavy atom. The molecule has 1 amide bonds. The molecule has 1 rings (SSSR count). The summed E-state index contributed by atoms with van der Waals surface area (Å²) in [6.07, 6.45) is 1.10. The molecule has 0 aliphatic rings. The first-order valence-corrected chi connectivity index (χ1v) is 4.81. The quantitative estimate of drug-likeness (QED) is 0.784. The summed E-state index contributed by atoms with van der Waals surface area (Å²) in [7, 11) is 0. The van der Waals surface area contributed by atoms with E-state index in [0.29, 0.717) is 5.69 Å². The van der Waals surface area contributed by atoms with Crippen LogP contribution in [-0.4, -0.2) is 23.0 Å². The highest BCUT2D eigenvalue weighted by Gasteiger charge is 2.24. The minimum atomic E-state index is -1.06. The predicted molar refractivity (Wildman–Crippen MR) is 61.2 cm³/mol. The normalized spacial score (nSPS) is 11.6. The van der Waals surface area contributed by atoms with Gasteiger partial charge in [-0.15, -0.1) is 0 Å². The summed E-state index contributed by atoms with van der Waals surface area (Å²) in [5, 5.41) is 8.93. The second-order valence-corrected chi connectivity index (χ2v) is 3.26. The predicted octanol–water partition coefficient (Wildman–Crippen LogP) is 1.68. The van der Waals surface area contributed by atoms with E-state index in [4.69, 9.17) is 5.11 Å². The molecule has 0 aliphatic carbocycles. The number of hydrogen-bond acceptors (Lipinski definition) is 2. The largest absolute Gasteiger partial charge is 0.480 e. The van der Waals surface area contributed by atoms with Gasteiger partial charge in [-0.05, 0) is 25.1 Å². The molecule has 0 fully saturated rings. The minimum Gasteiger partial charge on any atom is -0.480 e. The zero-order valence-corrected chi connectivity index (χ0v) is 8.96. The number of carbonyl (C=O) groups is 2. The topological polar surface area (TPSA) is 57.6 Å². The van der Waals surface area contributed by atoms with Crippen molar-refractivity contribution in [1.29, 1.82) is 0 Å². The van der Waals surface area contributed by atoms with E-state index in [1.807, 2.05) is 0 Å². The number of aliphatic carboxylic acids is 1. The summed E-state index contributed by atoms with van der Waals surface area (Å²) in [5.41, 5.74) is 0.544. The van der Waals surface area contributed by atoms with Crippen molar-refractivity contribution in [2.75, 3.05) is 4.90 Å². The van der Waals surface area contributed by atoms with E-state index in [-0.39, 0.29) is 0 Å². The number of nitrogens with zero attached hydrogens (tertiary/aromatic N) is 1. The molecule has 0 aliphatic heterocycles. The Hall–Kier alpha value is -2.10. The number of carboxylic acids is 1. The third-order valence-corrected chi connectivity index (χ3v) is 2.19. The van der Waals surface area contributed by atoms with E-state index in [1.54, 1.807) is 30.3 Å². The highest BCUT2D eigenvalue weighted by Crippen LogP contribution is 2.17. The van der Waals surface area contributed by atoms with Crippen LogP contribution >= 0.6 is 0 Å². The number of rotatable bonds is 4. The maximum Gasteiger partial charge on any atom is 0.326 e. The van der Waals surface area contributed by atoms with Crippen LogP contribution in [0.5, 0.6) is 0 Å². The summed E-state index contributed by atoms with van der Waals surface area (Å²) in [6, 6.07) is 7.72. The van der Waals surface area contributed by atoms with Crippen LogP contribution in [0, 0.1) is 0 Å². The molecule has 0 saturated heterocycles. The number of carbonyl (C=O) groups excluding carboxylic acids is 1. The molecule has 0 radical (unpaired) electrons. The van der Waals surface area contributed by atoms with Crippen molar-refractivity contribution < 1.29 is 14.7 Å². The second-order valence-electron chi connectivity index (χ2n) is 3.26. The van der Waals surface area contributed by atoms with E-state index in [0.717, 1.165) is 6.08 Å². The first-order chi connectivity index (χ1) is 7.57. The third kappa shape index (κ3) is 2.48. The van der Waals surface area contributed by atoms with Gasteiger partial charge in [-0.2, -0.15) is 0 Å². The van der Waals surface area contributed by atoms with E-state index in [1.165, 1.54) is 11.8 Å². The van der Waals surface area contributed by atoms with Gasteiger partial charge in [-0.3, -0.25) is 9.69 Å². The van der Waals surface area contributed by atoms with Crippen molar-refractivity contribution in [2.24, 2.45) is 0 Å². The standard InChI is InChI=1S/C12H13NO3/c1-3-11(14)13(9(2)12(15)16)10-7-5-4-6-8-10/h3-9H,1H2,2H3,(H,15,16)/t9-/m1/s1. The van der Waals surface area contributed by atoms with Crippen LogP contribution in [-0.2, 0) is 9.59 Å². The SMILES string of the molecule is C=CC(=O)N(c1ccccc1)[C@H](C)C(=O)O. The van der Waals surface area contributed by atoms with Crippen molar-refractivity contribution in [3.63, 3.8) is 0 Å². The summed E-state index contributed by atoms with van der Waals surface area (Å²) in [6.45, 7) is 4.82. The van der Waals surface area contributed by atoms with Crippen LogP contribution in [0.1, 0.15) is 6.92 Å². The van der Waals surface area contributed by atoms with Gasteiger partial charge in [0.1, 0.15) is 6.04 Å². The molecule has 4 nitrogen and oxygen atoms in total. The van der Waals surface area contributed by atoms with E-state index in [2.05, 4.69) is 6.58 Å². The number of amides is 1. The van der Waals surface area contributed by atoms with E-state index < -0.39 is 17.9 Å². The summed E-state index contributed by atoms with van der Waals surface area (Å²) in [4.78, 5) is 23.7. The molecule has 16 heavy (non-hydrogen) atoms. The summed E-state index contributed by atoms with van der Waals surface area (Å²) < 4.78 is 0. The minimum absolute atomic E-state index is 0.430. The van der Waals surface area contributed by atoms with Crippen LogP contribution < -0.4 is 4.90 Å². The van der Waals surface area contributed by atoms with E-state index >= 15 is 0 Å². The molecule has 0 bridgehead atoms. The smallest absolute Gasteiger partial charge is 0.326 e. The summed E-state index contributed by atoms with van der Waals surface area (Å²) in [5.74, 6) is -1.49. The molecule has 1 N–H and O–H groups in total. The lowest BCUT2D eigenvalue weighted by atomic mass is 10.2. The molecule has 1 aromatic rings. The zero-order chi connectivity index (χ0) is 12.1. The zero-order valence-electron chi connectivity index (χ0n) is 8.96. The van der Waals surface area contributed by atoms with E-state index in [9.17, 15) is 9.59 Å². The van der Waals surface area contributed by atoms with Gasteiger partial charge < -0.3 is 5.11 Å². The Labute approximate surface area is 93.8 Å². The van der Waals surface area contributed by atoms with Crippen LogP contribution in [0.4, 0.5) is 5.69 Å². The fraction of sp³-hybridized carbons (Fsp3) is 0.167. The number of anilines is 1. The Balaban J connectivity index is 3.11. The molecule has 84 valence electrons. The molecule has 0 unspecified atom stereocenters. The van der Waals surface area contributed by atoms with Crippen LogP contribution in [0.3, 0.4) is 0 Å². The van der Waals surface area contributed by atoms with Crippen LogP contribution in [0.25, 0.3) is 0 Å². The monoisotopic (exact) mass is 219 g/mol. The van der Waals surface area contributed by atoms with Gasteiger partial charge in [0.2, 0.25) is 0 Å². The lowest BCUT2D eigenvalue weighted by molar-refractivity contribution is -0.139. The molecule has 0 aromatic heterocycles. The highest BCUT2D eigenvalue weighted by molar-refractivity contribution is 6.04. The van der Waals surface area contributed by atoms with Gasteiger partial charge in [-0.1, -0.05) is 24.8 Å². The molecule has 4 heteroatoms. The lowest BCUT2D eigenvalue weighted by Gasteiger charge is -2.25. The van der Waals surface area contributed by atoms with Gasteiger partial charge in [0.15, 0.2) is 0 Å². The molecule has 0 spiro atoms.